The van der Waals surface area contributed by atoms with Gasteiger partial charge in [-0.3, -0.25) is 0 Å². The average molecular weight is 292 g/mol. The first-order chi connectivity index (χ1) is 9.63. The first-order valence-corrected chi connectivity index (χ1v) is 6.96. The number of benzene rings is 1. The number of aromatic nitrogens is 1. The molecule has 2 rings (SSSR count). The highest BCUT2D eigenvalue weighted by Crippen LogP contribution is 2.24. The maximum absolute atomic E-state index is 11.3. The third kappa shape index (κ3) is 3.27. The van der Waals surface area contributed by atoms with Gasteiger partial charge in [0, 0.05) is 5.38 Å². The van der Waals surface area contributed by atoms with Crippen molar-refractivity contribution >= 4 is 22.4 Å². The second-order valence-electron chi connectivity index (χ2n) is 4.17. The van der Waals surface area contributed by atoms with Crippen LogP contribution in [0.5, 0.6) is 5.75 Å². The second-order valence-corrected chi connectivity index (χ2v) is 5.03. The van der Waals surface area contributed by atoms with E-state index in [0.29, 0.717) is 10.8 Å². The number of rotatable bonds is 5. The number of carbonyl (C=O) groups is 1. The van der Waals surface area contributed by atoms with E-state index in [4.69, 9.17) is 4.74 Å². The fourth-order valence-electron chi connectivity index (χ4n) is 1.70. The Labute approximate surface area is 121 Å². The van der Waals surface area contributed by atoms with Gasteiger partial charge >= 0.3 is 5.97 Å². The van der Waals surface area contributed by atoms with Crippen molar-refractivity contribution in [1.29, 1.82) is 0 Å². The summed E-state index contributed by atoms with van der Waals surface area (Å²) in [4.78, 5) is 15.5. The van der Waals surface area contributed by atoms with Crippen LogP contribution in [0, 0.1) is 0 Å². The zero-order valence-corrected chi connectivity index (χ0v) is 12.4. The lowest BCUT2D eigenvalue weighted by Gasteiger charge is -2.13. The number of nitrogens with one attached hydrogen (secondary N) is 1. The molecule has 0 amide bonds. The zero-order valence-electron chi connectivity index (χ0n) is 11.5. The van der Waals surface area contributed by atoms with Gasteiger partial charge in [0.25, 0.3) is 0 Å². The highest BCUT2D eigenvalue weighted by atomic mass is 32.1. The molecule has 2 aromatic rings. The first-order valence-electron chi connectivity index (χ1n) is 6.08. The van der Waals surface area contributed by atoms with Gasteiger partial charge in [-0.1, -0.05) is 12.1 Å². The van der Waals surface area contributed by atoms with Gasteiger partial charge in [-0.05, 0) is 24.6 Å². The summed E-state index contributed by atoms with van der Waals surface area (Å²) in [6.45, 7) is 2.03. The summed E-state index contributed by atoms with van der Waals surface area (Å²) in [5.41, 5.74) is 1.43. The molecule has 6 heteroatoms. The second kappa shape index (κ2) is 6.38. The predicted molar refractivity (Wildman–Crippen MR) is 78.5 cm³/mol. The van der Waals surface area contributed by atoms with Crippen molar-refractivity contribution < 1.29 is 14.3 Å². The van der Waals surface area contributed by atoms with Gasteiger partial charge in [-0.15, -0.1) is 11.3 Å². The van der Waals surface area contributed by atoms with Crippen LogP contribution in [0.3, 0.4) is 0 Å². The van der Waals surface area contributed by atoms with Crippen molar-refractivity contribution in [3.05, 3.63) is 40.9 Å². The van der Waals surface area contributed by atoms with Gasteiger partial charge < -0.3 is 14.8 Å². The molecule has 0 fully saturated rings. The number of carbonyl (C=O) groups excluding carboxylic acids is 1. The third-order valence-corrected chi connectivity index (χ3v) is 3.63. The molecule has 0 aliphatic rings. The highest BCUT2D eigenvalue weighted by Gasteiger charge is 2.12. The molecule has 5 nitrogen and oxygen atoms in total. The molecule has 1 aromatic heterocycles. The molecule has 0 saturated heterocycles. The van der Waals surface area contributed by atoms with Crippen molar-refractivity contribution in [1.82, 2.24) is 4.98 Å². The molecule has 0 spiro atoms. The molecule has 0 bridgehead atoms. The van der Waals surface area contributed by atoms with Gasteiger partial charge in [0.1, 0.15) is 5.75 Å². The van der Waals surface area contributed by atoms with Gasteiger partial charge in [0.2, 0.25) is 0 Å². The standard InChI is InChI=1S/C14H16N2O3S/c1-9(10-4-6-11(18-2)7-5-10)15-14-16-12(8-20-14)13(17)19-3/h4-9H,1-3H3,(H,15,16). The first kappa shape index (κ1) is 14.3. The maximum Gasteiger partial charge on any atom is 0.357 e. The molecular weight excluding hydrogens is 276 g/mol. The SMILES string of the molecule is COC(=O)c1csc(NC(C)c2ccc(OC)cc2)n1. The summed E-state index contributed by atoms with van der Waals surface area (Å²) in [6.07, 6.45) is 0. The summed E-state index contributed by atoms with van der Waals surface area (Å²) in [7, 11) is 2.98. The summed E-state index contributed by atoms with van der Waals surface area (Å²) in [5, 5.41) is 5.62. The molecule has 0 radical (unpaired) electrons. The number of esters is 1. The summed E-state index contributed by atoms with van der Waals surface area (Å²) in [5.74, 6) is 0.398. The van der Waals surface area contributed by atoms with Crippen LogP contribution >= 0.6 is 11.3 Å². The Balaban J connectivity index is 2.04. The van der Waals surface area contributed by atoms with Crippen molar-refractivity contribution in [2.45, 2.75) is 13.0 Å². The Bertz CT molecular complexity index is 580. The Kier molecular flexibility index (Phi) is 4.57. The van der Waals surface area contributed by atoms with E-state index >= 15 is 0 Å². The van der Waals surface area contributed by atoms with E-state index in [0.717, 1.165) is 11.3 Å². The minimum atomic E-state index is -0.425. The lowest BCUT2D eigenvalue weighted by molar-refractivity contribution is 0.0595. The normalized spacial score (nSPS) is 11.8. The van der Waals surface area contributed by atoms with Crippen molar-refractivity contribution in [2.24, 2.45) is 0 Å². The Hall–Kier alpha value is -2.08. The van der Waals surface area contributed by atoms with Crippen LogP contribution in [0.15, 0.2) is 29.6 Å². The molecule has 1 unspecified atom stereocenters. The van der Waals surface area contributed by atoms with Crippen LogP contribution in [0.25, 0.3) is 0 Å². The van der Waals surface area contributed by atoms with Crippen LogP contribution in [0.4, 0.5) is 5.13 Å². The third-order valence-electron chi connectivity index (χ3n) is 2.85. The van der Waals surface area contributed by atoms with Crippen LogP contribution < -0.4 is 10.1 Å². The molecule has 1 aromatic carbocycles. The monoisotopic (exact) mass is 292 g/mol. The topological polar surface area (TPSA) is 60.5 Å². The summed E-state index contributed by atoms with van der Waals surface area (Å²) < 4.78 is 9.76. The van der Waals surface area contributed by atoms with Gasteiger partial charge in [0.05, 0.1) is 20.3 Å². The predicted octanol–water partition coefficient (Wildman–Crippen LogP) is 3.11. The van der Waals surface area contributed by atoms with Crippen molar-refractivity contribution in [3.63, 3.8) is 0 Å². The Morgan fingerprint density at radius 3 is 2.60 bits per heavy atom. The van der Waals surface area contributed by atoms with E-state index in [1.54, 1.807) is 12.5 Å². The quantitative estimate of drug-likeness (QED) is 0.858. The minimum absolute atomic E-state index is 0.0811. The largest absolute Gasteiger partial charge is 0.497 e. The smallest absolute Gasteiger partial charge is 0.357 e. The highest BCUT2D eigenvalue weighted by molar-refractivity contribution is 7.13. The Morgan fingerprint density at radius 1 is 1.30 bits per heavy atom. The number of nitrogens with zero attached hydrogens (tertiary/aromatic N) is 1. The number of ether oxygens (including phenoxy) is 2. The molecule has 0 aliphatic carbocycles. The molecule has 20 heavy (non-hydrogen) atoms. The molecule has 1 atom stereocenters. The van der Waals surface area contributed by atoms with Crippen LogP contribution in [0.1, 0.15) is 29.0 Å². The lowest BCUT2D eigenvalue weighted by atomic mass is 10.1. The van der Waals surface area contributed by atoms with Gasteiger partial charge in [-0.25, -0.2) is 9.78 Å². The molecule has 0 aliphatic heterocycles. The number of thiazole rings is 1. The Morgan fingerprint density at radius 2 is 2.00 bits per heavy atom. The number of hydrogen-bond donors (Lipinski definition) is 1. The number of anilines is 1. The van der Waals surface area contributed by atoms with Crippen LogP contribution in [-0.2, 0) is 4.74 Å². The van der Waals surface area contributed by atoms with E-state index < -0.39 is 5.97 Å². The molecular formula is C14H16N2O3S. The van der Waals surface area contributed by atoms with Gasteiger partial charge in [0.15, 0.2) is 10.8 Å². The average Bonchev–Trinajstić information content (AvgIpc) is 2.95. The summed E-state index contributed by atoms with van der Waals surface area (Å²) in [6, 6.07) is 7.89. The van der Waals surface area contributed by atoms with E-state index in [2.05, 4.69) is 15.0 Å². The maximum atomic E-state index is 11.3. The van der Waals surface area contributed by atoms with Crippen LogP contribution in [-0.4, -0.2) is 25.2 Å². The molecule has 1 heterocycles. The lowest BCUT2D eigenvalue weighted by Crippen LogP contribution is -2.07. The summed E-state index contributed by atoms with van der Waals surface area (Å²) >= 11 is 1.38. The van der Waals surface area contributed by atoms with Crippen LogP contribution in [0.2, 0.25) is 0 Å². The number of hydrogen-bond acceptors (Lipinski definition) is 6. The van der Waals surface area contributed by atoms with Crippen molar-refractivity contribution in [3.8, 4) is 5.75 Å². The zero-order chi connectivity index (χ0) is 14.5. The van der Waals surface area contributed by atoms with E-state index in [9.17, 15) is 4.79 Å². The molecule has 0 saturated carbocycles. The van der Waals surface area contributed by atoms with Gasteiger partial charge in [-0.2, -0.15) is 0 Å². The fraction of sp³-hybridized carbons (Fsp3) is 0.286. The molecule has 1 N–H and O–H groups in total. The van der Waals surface area contributed by atoms with E-state index in [1.165, 1.54) is 18.4 Å². The number of methoxy groups -OCH3 is 2. The van der Waals surface area contributed by atoms with E-state index in [1.807, 2.05) is 31.2 Å². The molecule has 106 valence electrons. The fourth-order valence-corrected chi connectivity index (χ4v) is 2.47. The van der Waals surface area contributed by atoms with Crippen molar-refractivity contribution in [2.75, 3.05) is 19.5 Å². The minimum Gasteiger partial charge on any atom is -0.497 e. The van der Waals surface area contributed by atoms with E-state index in [-0.39, 0.29) is 6.04 Å².